The van der Waals surface area contributed by atoms with Crippen LogP contribution in [0.2, 0.25) is 0 Å². The zero-order valence-electron chi connectivity index (χ0n) is 8.82. The maximum atomic E-state index is 12.7. The van der Waals surface area contributed by atoms with Gasteiger partial charge in [-0.3, -0.25) is 4.79 Å². The van der Waals surface area contributed by atoms with Crippen molar-refractivity contribution < 1.29 is 14.3 Å². The fraction of sp³-hybridized carbons (Fsp3) is 0.417. The Labute approximate surface area is 93.3 Å². The second-order valence-corrected chi connectivity index (χ2v) is 4.19. The first-order chi connectivity index (χ1) is 7.65. The number of carboxylic acids is 1. The van der Waals surface area contributed by atoms with Crippen molar-refractivity contribution in [3.05, 3.63) is 35.6 Å². The molecule has 1 aromatic carbocycles. The lowest BCUT2D eigenvalue weighted by atomic mass is 9.76. The number of hydrogen-bond acceptors (Lipinski definition) is 2. The third-order valence-corrected chi connectivity index (χ3v) is 3.02. The Hall–Kier alpha value is -1.42. The van der Waals surface area contributed by atoms with Gasteiger partial charge in [0.2, 0.25) is 0 Å². The minimum atomic E-state index is -0.828. The van der Waals surface area contributed by atoms with Crippen molar-refractivity contribution in [2.45, 2.75) is 24.8 Å². The highest BCUT2D eigenvalue weighted by atomic mass is 19.1. The summed E-state index contributed by atoms with van der Waals surface area (Å²) in [4.78, 5) is 10.3. The van der Waals surface area contributed by atoms with Gasteiger partial charge < -0.3 is 10.4 Å². The molecule has 0 saturated heterocycles. The molecule has 86 valence electrons. The normalized spacial score (nSPS) is 23.8. The summed E-state index contributed by atoms with van der Waals surface area (Å²) in [5.74, 6) is -0.610. The lowest BCUT2D eigenvalue weighted by Gasteiger charge is -2.36. The molecule has 1 aliphatic carbocycles. The summed E-state index contributed by atoms with van der Waals surface area (Å²) < 4.78 is 12.7. The minimum Gasteiger partial charge on any atom is -0.480 e. The minimum absolute atomic E-state index is 0.0147. The van der Waals surface area contributed by atoms with Gasteiger partial charge in [-0.1, -0.05) is 12.1 Å². The number of benzene rings is 1. The van der Waals surface area contributed by atoms with Gasteiger partial charge in [0.15, 0.2) is 0 Å². The zero-order chi connectivity index (χ0) is 11.5. The van der Waals surface area contributed by atoms with E-state index in [1.165, 1.54) is 12.1 Å². The second-order valence-electron chi connectivity index (χ2n) is 4.19. The Morgan fingerprint density at radius 2 is 2.00 bits per heavy atom. The average molecular weight is 223 g/mol. The van der Waals surface area contributed by atoms with Gasteiger partial charge in [-0.15, -0.1) is 0 Å². The largest absolute Gasteiger partial charge is 0.480 e. The number of rotatable bonds is 4. The Balaban J connectivity index is 1.79. The number of carbonyl (C=O) groups is 1. The van der Waals surface area contributed by atoms with Crippen LogP contribution in [0.1, 0.15) is 24.3 Å². The molecule has 2 N–H and O–H groups in total. The fourth-order valence-corrected chi connectivity index (χ4v) is 2.02. The van der Waals surface area contributed by atoms with E-state index in [4.69, 9.17) is 5.11 Å². The summed E-state index contributed by atoms with van der Waals surface area (Å²) in [5.41, 5.74) is 1.13. The van der Waals surface area contributed by atoms with Crippen LogP contribution in [0.3, 0.4) is 0 Å². The van der Waals surface area contributed by atoms with Crippen molar-refractivity contribution >= 4 is 5.97 Å². The lowest BCUT2D eigenvalue weighted by Crippen LogP contribution is -2.42. The summed E-state index contributed by atoms with van der Waals surface area (Å²) in [6.45, 7) is 0.0147. The summed E-state index contributed by atoms with van der Waals surface area (Å²) in [6, 6.07) is 6.81. The van der Waals surface area contributed by atoms with Crippen molar-refractivity contribution in [1.29, 1.82) is 0 Å². The molecule has 0 radical (unpaired) electrons. The summed E-state index contributed by atoms with van der Waals surface area (Å²) >= 11 is 0. The van der Waals surface area contributed by atoms with Crippen LogP contribution in [0.25, 0.3) is 0 Å². The molecule has 1 saturated carbocycles. The van der Waals surface area contributed by atoms with Crippen LogP contribution in [-0.2, 0) is 4.79 Å². The van der Waals surface area contributed by atoms with Crippen molar-refractivity contribution in [3.63, 3.8) is 0 Å². The molecule has 0 bridgehead atoms. The second kappa shape index (κ2) is 4.61. The van der Waals surface area contributed by atoms with E-state index in [2.05, 4.69) is 5.32 Å². The Morgan fingerprint density at radius 3 is 2.56 bits per heavy atom. The molecule has 3 nitrogen and oxygen atoms in total. The number of carboxylic acid groups (broad SMARTS) is 1. The molecule has 0 amide bonds. The lowest BCUT2D eigenvalue weighted by molar-refractivity contribution is -0.136. The van der Waals surface area contributed by atoms with Crippen LogP contribution < -0.4 is 5.32 Å². The van der Waals surface area contributed by atoms with Crippen molar-refractivity contribution in [2.75, 3.05) is 6.54 Å². The Morgan fingerprint density at radius 1 is 1.38 bits per heavy atom. The molecule has 0 aromatic heterocycles. The van der Waals surface area contributed by atoms with Crippen LogP contribution in [0, 0.1) is 5.82 Å². The van der Waals surface area contributed by atoms with Gasteiger partial charge in [-0.25, -0.2) is 4.39 Å². The van der Waals surface area contributed by atoms with E-state index in [1.807, 2.05) is 0 Å². The highest BCUT2D eigenvalue weighted by molar-refractivity contribution is 5.69. The number of hydrogen-bond donors (Lipinski definition) is 2. The smallest absolute Gasteiger partial charge is 0.317 e. The number of halogens is 1. The molecule has 0 unspecified atom stereocenters. The molecular weight excluding hydrogens is 209 g/mol. The van der Waals surface area contributed by atoms with Gasteiger partial charge in [0.25, 0.3) is 0 Å². The number of nitrogens with one attached hydrogen (secondary N) is 1. The molecule has 0 aliphatic heterocycles. The van der Waals surface area contributed by atoms with E-state index < -0.39 is 5.97 Å². The van der Waals surface area contributed by atoms with Gasteiger partial charge in [0.1, 0.15) is 5.82 Å². The summed E-state index contributed by atoms with van der Waals surface area (Å²) in [6.07, 6.45) is 1.86. The molecule has 0 spiro atoms. The highest BCUT2D eigenvalue weighted by Gasteiger charge is 2.29. The molecule has 1 aliphatic rings. The van der Waals surface area contributed by atoms with Crippen LogP contribution in [0.5, 0.6) is 0 Å². The molecule has 16 heavy (non-hydrogen) atoms. The summed E-state index contributed by atoms with van der Waals surface area (Å²) in [5, 5.41) is 11.4. The van der Waals surface area contributed by atoms with E-state index in [0.29, 0.717) is 5.92 Å². The van der Waals surface area contributed by atoms with Gasteiger partial charge >= 0.3 is 5.97 Å². The van der Waals surface area contributed by atoms with Crippen molar-refractivity contribution in [2.24, 2.45) is 0 Å². The molecule has 1 fully saturated rings. The molecule has 0 heterocycles. The maximum absolute atomic E-state index is 12.7. The number of aliphatic carboxylic acids is 1. The zero-order valence-corrected chi connectivity index (χ0v) is 8.82. The van der Waals surface area contributed by atoms with E-state index >= 15 is 0 Å². The molecule has 4 heteroatoms. The van der Waals surface area contributed by atoms with E-state index in [-0.39, 0.29) is 18.4 Å². The maximum Gasteiger partial charge on any atom is 0.317 e. The molecular formula is C12H14FNO2. The van der Waals surface area contributed by atoms with Crippen molar-refractivity contribution in [1.82, 2.24) is 5.32 Å². The third-order valence-electron chi connectivity index (χ3n) is 3.02. The first-order valence-corrected chi connectivity index (χ1v) is 5.36. The Kier molecular flexibility index (Phi) is 3.19. The standard InChI is InChI=1S/C12H14FNO2/c13-10-3-1-8(2-4-10)9-5-11(6-9)14-7-12(15)16/h1-4,9,11,14H,5-7H2,(H,15,16). The molecule has 0 atom stereocenters. The highest BCUT2D eigenvalue weighted by Crippen LogP contribution is 2.36. The van der Waals surface area contributed by atoms with Crippen LogP contribution in [-0.4, -0.2) is 23.7 Å². The predicted molar refractivity (Wildman–Crippen MR) is 57.8 cm³/mol. The van der Waals surface area contributed by atoms with E-state index in [1.54, 1.807) is 12.1 Å². The van der Waals surface area contributed by atoms with Crippen LogP contribution >= 0.6 is 0 Å². The van der Waals surface area contributed by atoms with Gasteiger partial charge in [0, 0.05) is 6.04 Å². The van der Waals surface area contributed by atoms with Crippen molar-refractivity contribution in [3.8, 4) is 0 Å². The first-order valence-electron chi connectivity index (χ1n) is 5.36. The summed E-state index contributed by atoms with van der Waals surface area (Å²) in [7, 11) is 0. The average Bonchev–Trinajstić information content (AvgIpc) is 2.18. The predicted octanol–water partition coefficient (Wildman–Crippen LogP) is 1.75. The van der Waals surface area contributed by atoms with Gasteiger partial charge in [-0.05, 0) is 36.5 Å². The monoisotopic (exact) mass is 223 g/mol. The van der Waals surface area contributed by atoms with Gasteiger partial charge in [-0.2, -0.15) is 0 Å². The van der Waals surface area contributed by atoms with Crippen LogP contribution in [0.15, 0.2) is 24.3 Å². The molecule has 1 aromatic rings. The fourth-order valence-electron chi connectivity index (χ4n) is 2.02. The third kappa shape index (κ3) is 2.58. The van der Waals surface area contributed by atoms with Crippen LogP contribution in [0.4, 0.5) is 4.39 Å². The van der Waals surface area contributed by atoms with E-state index in [0.717, 1.165) is 18.4 Å². The SMILES string of the molecule is O=C(O)CNC1CC(c2ccc(F)cc2)C1. The van der Waals surface area contributed by atoms with E-state index in [9.17, 15) is 9.18 Å². The topological polar surface area (TPSA) is 49.3 Å². The quantitative estimate of drug-likeness (QED) is 0.817. The first kappa shape index (κ1) is 11.1. The van der Waals surface area contributed by atoms with Gasteiger partial charge in [0.05, 0.1) is 6.54 Å². The molecule has 2 rings (SSSR count). The Bertz CT molecular complexity index is 371.